The summed E-state index contributed by atoms with van der Waals surface area (Å²) in [6.45, 7) is 20.6. The number of rotatable bonds is 51. The number of carbonyl (C=O) groups is 4. The molecule has 4 aromatic rings. The van der Waals surface area contributed by atoms with Crippen LogP contribution < -0.4 is 11.1 Å². The Labute approximate surface area is 657 Å². The summed E-state index contributed by atoms with van der Waals surface area (Å²) in [5, 5.41) is 59.6. The highest BCUT2D eigenvalue weighted by atomic mass is 16.6. The molecule has 2 aromatic carbocycles. The van der Waals surface area contributed by atoms with Crippen molar-refractivity contribution in [3.8, 4) is 23.9 Å². The Bertz CT molecular complexity index is 3530. The normalized spacial score (nSPS) is 17.8. The zero-order valence-corrected chi connectivity index (χ0v) is 68.6. The van der Waals surface area contributed by atoms with Crippen molar-refractivity contribution in [1.29, 1.82) is 10.5 Å². The smallest absolute Gasteiger partial charge is 0.340 e. The van der Waals surface area contributed by atoms with Crippen LogP contribution in [0.5, 0.6) is 11.8 Å². The van der Waals surface area contributed by atoms with Crippen LogP contribution in [0, 0.1) is 83.9 Å². The van der Waals surface area contributed by atoms with Gasteiger partial charge in [0.1, 0.15) is 35.7 Å². The molecule has 8 unspecified atom stereocenters. The third-order valence-corrected chi connectivity index (χ3v) is 23.2. The second kappa shape index (κ2) is 50.1. The number of ether oxygens (including phenoxy) is 4. The van der Waals surface area contributed by atoms with E-state index in [1.807, 2.05) is 12.1 Å². The van der Waals surface area contributed by atoms with Crippen LogP contribution in [-0.2, 0) is 41.6 Å². The van der Waals surface area contributed by atoms with Gasteiger partial charge in [-0.25, -0.2) is 9.59 Å². The minimum Gasteiger partial charge on any atom is -0.494 e. The molecule has 20 heteroatoms. The van der Waals surface area contributed by atoms with Crippen molar-refractivity contribution in [1.82, 2.24) is 9.13 Å². The van der Waals surface area contributed by atoms with Gasteiger partial charge in [-0.3, -0.25) is 28.3 Å². The van der Waals surface area contributed by atoms with E-state index in [4.69, 9.17) is 18.9 Å². The molecule has 2 saturated carbocycles. The van der Waals surface area contributed by atoms with Crippen LogP contribution in [0.2, 0.25) is 0 Å². The standard InChI is InChI=1S/C90H134N8O12/c1-11-13-15-17-19-23-29-41-69(43-31-25-21-27-33-49-81(99)107-57-39-55-97-85(101)67(9)75(61-91)83(87(97)103)95-93-77-47-37-35-45-73(77)89(105)109-79-59-65(7)51-53-71(79)63(3)4)70(42-30-24-20-18-16-14-12-2)44-32-26-22-28-34-50-82(100)108-58-40-56-98-86(102)68(10)76(62-92)84(88(98)104)96-94-78-48-38-36-46-74(78)90(106)110-80-60-66(8)52-54-72(80)64(5)6/h35-38,45-48,63-66,69-72,79-80,101-102H,11-34,39-44,49-60H2,1-10H3. The van der Waals surface area contributed by atoms with E-state index in [0.29, 0.717) is 48.3 Å². The zero-order chi connectivity index (χ0) is 79.7. The van der Waals surface area contributed by atoms with Crippen LogP contribution in [0.3, 0.4) is 0 Å². The number of nitrogens with zero attached hydrogens (tertiary/aromatic N) is 8. The number of aromatic hydroxyl groups is 2. The van der Waals surface area contributed by atoms with Gasteiger partial charge < -0.3 is 29.2 Å². The number of carbonyl (C=O) groups excluding carboxylic acids is 4. The number of hydrogen-bond donors (Lipinski definition) is 2. The van der Waals surface area contributed by atoms with Gasteiger partial charge in [0.25, 0.3) is 11.1 Å². The lowest BCUT2D eigenvalue weighted by Gasteiger charge is -2.36. The number of azo groups is 2. The number of hydrogen-bond acceptors (Lipinski definition) is 18. The second-order valence-corrected chi connectivity index (χ2v) is 32.6. The number of unbranched alkanes of at least 4 members (excludes halogenated alkanes) is 20. The lowest BCUT2D eigenvalue weighted by Crippen LogP contribution is -2.35. The van der Waals surface area contributed by atoms with E-state index in [-0.39, 0.29) is 143 Å². The summed E-state index contributed by atoms with van der Waals surface area (Å²) in [5.74, 6) is 0.976. The SMILES string of the molecule is CCCCCCCCCC(CCCCCCCC(=O)OCCCn1c(O)c(C)c(C#N)c(N=Nc2ccccc2C(=O)OC2CC(C)CCC2C(C)C)c1=O)C(CCCCCCCCC)CCCCCCCC(=O)OCCCn1c(O)c(C)c(C#N)c(N=Nc2ccccc2C(=O)OC2CC(C)CCC2C(C)C)c1=O. The monoisotopic (exact) mass is 1520 g/mol. The molecule has 8 atom stereocenters. The van der Waals surface area contributed by atoms with Crippen molar-refractivity contribution in [2.75, 3.05) is 13.2 Å². The zero-order valence-electron chi connectivity index (χ0n) is 68.6. The fraction of sp³-hybridized carbons (Fsp3) is 0.689. The lowest BCUT2D eigenvalue weighted by atomic mass is 9.75. The predicted molar refractivity (Wildman–Crippen MR) is 434 cm³/mol. The van der Waals surface area contributed by atoms with Crippen LogP contribution in [0.1, 0.15) is 342 Å². The van der Waals surface area contributed by atoms with Crippen LogP contribution in [0.15, 0.2) is 78.6 Å². The van der Waals surface area contributed by atoms with E-state index < -0.39 is 23.1 Å². The van der Waals surface area contributed by atoms with Gasteiger partial charge in [0.2, 0.25) is 0 Å². The second-order valence-electron chi connectivity index (χ2n) is 32.6. The molecule has 0 radical (unpaired) electrons. The molecule has 110 heavy (non-hydrogen) atoms. The Morgan fingerprint density at radius 2 is 0.800 bits per heavy atom. The van der Waals surface area contributed by atoms with Crippen molar-refractivity contribution < 1.29 is 48.3 Å². The van der Waals surface area contributed by atoms with Gasteiger partial charge in [-0.2, -0.15) is 10.5 Å². The molecule has 0 amide bonds. The van der Waals surface area contributed by atoms with Crippen molar-refractivity contribution >= 4 is 46.6 Å². The number of aromatic nitrogens is 2. The summed E-state index contributed by atoms with van der Waals surface area (Å²) in [6, 6.07) is 17.2. The largest absolute Gasteiger partial charge is 0.494 e. The van der Waals surface area contributed by atoms with Gasteiger partial charge >= 0.3 is 23.9 Å². The molecule has 2 N–H and O–H groups in total. The average molecular weight is 1520 g/mol. The van der Waals surface area contributed by atoms with Crippen LogP contribution in [-0.4, -0.2) is 68.6 Å². The quantitative estimate of drug-likeness (QED) is 0.0180. The molecule has 0 bridgehead atoms. The summed E-state index contributed by atoms with van der Waals surface area (Å²) in [5.41, 5.74) is -1.18. The van der Waals surface area contributed by atoms with Gasteiger partial charge in [0, 0.05) is 37.1 Å². The summed E-state index contributed by atoms with van der Waals surface area (Å²) in [7, 11) is 0. The van der Waals surface area contributed by atoms with Crippen molar-refractivity contribution in [2.45, 2.75) is 339 Å². The fourth-order valence-electron chi connectivity index (χ4n) is 16.4. The van der Waals surface area contributed by atoms with E-state index in [0.717, 1.165) is 99.0 Å². The summed E-state index contributed by atoms with van der Waals surface area (Å²) in [6.07, 6.45) is 39.3. The van der Waals surface area contributed by atoms with E-state index in [1.165, 1.54) is 142 Å². The molecule has 2 aliphatic carbocycles. The molecule has 2 aromatic heterocycles. The number of pyridine rings is 2. The number of benzene rings is 2. The Hall–Kier alpha value is -8.00. The van der Waals surface area contributed by atoms with E-state index in [2.05, 4.69) is 75.8 Å². The highest BCUT2D eigenvalue weighted by Gasteiger charge is 2.36. The van der Waals surface area contributed by atoms with Crippen molar-refractivity contribution in [3.05, 3.63) is 103 Å². The number of esters is 4. The molecule has 2 heterocycles. The third-order valence-electron chi connectivity index (χ3n) is 23.2. The summed E-state index contributed by atoms with van der Waals surface area (Å²) < 4.78 is 25.7. The highest BCUT2D eigenvalue weighted by molar-refractivity contribution is 5.95. The summed E-state index contributed by atoms with van der Waals surface area (Å²) in [4.78, 5) is 81.2. The van der Waals surface area contributed by atoms with Crippen molar-refractivity contribution in [2.24, 2.45) is 67.8 Å². The highest BCUT2D eigenvalue weighted by Crippen LogP contribution is 2.40. The van der Waals surface area contributed by atoms with E-state index in [9.17, 15) is 49.5 Å². The Kier molecular flexibility index (Phi) is 41.4. The maximum Gasteiger partial charge on any atom is 0.340 e. The third kappa shape index (κ3) is 29.6. The fourth-order valence-corrected chi connectivity index (χ4v) is 16.4. The van der Waals surface area contributed by atoms with E-state index in [1.54, 1.807) is 48.5 Å². The summed E-state index contributed by atoms with van der Waals surface area (Å²) >= 11 is 0. The van der Waals surface area contributed by atoms with Crippen LogP contribution in [0.4, 0.5) is 22.7 Å². The van der Waals surface area contributed by atoms with Gasteiger partial charge in [0.05, 0.1) is 35.5 Å². The minimum atomic E-state index is -0.732. The average Bonchev–Trinajstić information content (AvgIpc) is 0.784. The molecule has 0 saturated heterocycles. The molecule has 2 aliphatic rings. The molecule has 6 rings (SSSR count). The first-order valence-electron chi connectivity index (χ1n) is 42.6. The number of nitriles is 2. The molecule has 2 fully saturated rings. The minimum absolute atomic E-state index is 0.00209. The predicted octanol–water partition coefficient (Wildman–Crippen LogP) is 23.4. The molecule has 20 nitrogen and oxygen atoms in total. The van der Waals surface area contributed by atoms with Gasteiger partial charge in [-0.05, 0) is 137 Å². The molecule has 0 spiro atoms. The first-order valence-corrected chi connectivity index (χ1v) is 42.6. The topological polar surface area (TPSA) is 287 Å². The molecule has 0 aliphatic heterocycles. The maximum absolute atomic E-state index is 13.9. The van der Waals surface area contributed by atoms with Gasteiger partial charge in [0.15, 0.2) is 23.1 Å². The molecule has 606 valence electrons. The maximum atomic E-state index is 13.9. The molecular formula is C90H134N8O12. The Morgan fingerprint density at radius 3 is 1.14 bits per heavy atom. The van der Waals surface area contributed by atoms with Crippen LogP contribution in [0.25, 0.3) is 0 Å². The lowest BCUT2D eigenvalue weighted by molar-refractivity contribution is -0.144. The van der Waals surface area contributed by atoms with E-state index >= 15 is 0 Å². The van der Waals surface area contributed by atoms with Gasteiger partial charge in [-0.15, -0.1) is 20.5 Å². The first kappa shape index (κ1) is 90.9. The first-order chi connectivity index (χ1) is 53.1. The van der Waals surface area contributed by atoms with Gasteiger partial charge in [-0.1, -0.05) is 259 Å². The molecular weight excluding hydrogens is 1390 g/mol. The van der Waals surface area contributed by atoms with Crippen molar-refractivity contribution in [3.63, 3.8) is 0 Å². The Morgan fingerprint density at radius 1 is 0.473 bits per heavy atom. The Balaban J connectivity index is 0.941. The van der Waals surface area contributed by atoms with Crippen LogP contribution >= 0.6 is 0 Å².